The molecule has 0 aromatic carbocycles. The lowest BCUT2D eigenvalue weighted by molar-refractivity contribution is -0.140. The highest BCUT2D eigenvalue weighted by atomic mass is 79.9. The Kier molecular flexibility index (Phi) is 9.77. The molecular weight excluding hydrogens is 412 g/mol. The minimum absolute atomic E-state index is 0.0515. The lowest BCUT2D eigenvalue weighted by atomic mass is 9.89. The highest BCUT2D eigenvalue weighted by Gasteiger charge is 2.49. The molecule has 2 N–H and O–H groups in total. The van der Waals surface area contributed by atoms with Gasteiger partial charge in [-0.1, -0.05) is 54.3 Å². The van der Waals surface area contributed by atoms with Gasteiger partial charge in [-0.25, -0.2) is 0 Å². The number of carbonyl (C=O) groups excluding carboxylic acids is 1. The predicted molar refractivity (Wildman–Crippen MR) is 109 cm³/mol. The van der Waals surface area contributed by atoms with E-state index >= 15 is 0 Å². The van der Waals surface area contributed by atoms with Gasteiger partial charge in [0.15, 0.2) is 0 Å². The Hall–Kier alpha value is -0.430. The number of alkyl halides is 1. The third-order valence-electron chi connectivity index (χ3n) is 5.89. The zero-order chi connectivity index (χ0) is 19.8. The fourth-order valence-corrected chi connectivity index (χ4v) is 4.97. The van der Waals surface area contributed by atoms with Crippen molar-refractivity contribution in [2.24, 2.45) is 11.8 Å². The van der Waals surface area contributed by atoms with Gasteiger partial charge in [0.2, 0.25) is 0 Å². The van der Waals surface area contributed by atoms with Crippen LogP contribution in [0.1, 0.15) is 64.7 Å². The van der Waals surface area contributed by atoms with Gasteiger partial charge >= 0.3 is 5.97 Å². The fourth-order valence-electron chi connectivity index (χ4n) is 4.31. The van der Waals surface area contributed by atoms with Crippen molar-refractivity contribution < 1.29 is 24.5 Å². The summed E-state index contributed by atoms with van der Waals surface area (Å²) in [5.74, 6) is 0.171. The quantitative estimate of drug-likeness (QED) is 0.218. The maximum atomic E-state index is 11.2. The molecule has 0 radical (unpaired) electrons. The topological polar surface area (TPSA) is 76.0 Å². The number of halogens is 1. The molecule has 0 spiro atoms. The summed E-state index contributed by atoms with van der Waals surface area (Å²) in [7, 11) is 1.41. The Labute approximate surface area is 171 Å². The molecule has 7 atom stereocenters. The number of rotatable bonds is 11. The molecule has 0 aromatic heterocycles. The lowest BCUT2D eigenvalue weighted by Crippen LogP contribution is -2.24. The maximum Gasteiger partial charge on any atom is 0.305 e. The van der Waals surface area contributed by atoms with E-state index in [0.717, 1.165) is 44.9 Å². The first-order chi connectivity index (χ1) is 13.0. The van der Waals surface area contributed by atoms with Crippen LogP contribution in [0.2, 0.25) is 0 Å². The van der Waals surface area contributed by atoms with Crippen LogP contribution in [0.5, 0.6) is 0 Å². The molecule has 1 heterocycles. The number of methoxy groups -OCH3 is 1. The highest BCUT2D eigenvalue weighted by Crippen LogP contribution is 2.46. The molecule has 0 aromatic rings. The molecular formula is C21H35BrO5. The number of aliphatic hydroxyl groups excluding tert-OH is 2. The summed E-state index contributed by atoms with van der Waals surface area (Å²) >= 11 is 3.72. The van der Waals surface area contributed by atoms with Crippen LogP contribution in [0.4, 0.5) is 0 Å². The molecule has 0 bridgehead atoms. The lowest BCUT2D eigenvalue weighted by Gasteiger charge is -2.21. The minimum atomic E-state index is -0.428. The molecule has 2 rings (SSSR count). The molecule has 2 fully saturated rings. The second-order valence-corrected chi connectivity index (χ2v) is 9.10. The first kappa shape index (κ1) is 22.9. The smallest absolute Gasteiger partial charge is 0.305 e. The summed E-state index contributed by atoms with van der Waals surface area (Å²) in [5.41, 5.74) is 0. The molecule has 6 heteroatoms. The van der Waals surface area contributed by atoms with Crippen LogP contribution >= 0.6 is 15.9 Å². The van der Waals surface area contributed by atoms with E-state index in [2.05, 4.69) is 27.6 Å². The molecule has 2 unspecified atom stereocenters. The second kappa shape index (κ2) is 11.5. The number of carbonyl (C=O) groups is 1. The maximum absolute atomic E-state index is 11.2. The number of esters is 1. The Morgan fingerprint density at radius 1 is 1.30 bits per heavy atom. The molecule has 5 nitrogen and oxygen atoms in total. The van der Waals surface area contributed by atoms with E-state index in [4.69, 9.17) is 4.74 Å². The third-order valence-corrected chi connectivity index (χ3v) is 6.94. The van der Waals surface area contributed by atoms with Crippen molar-refractivity contribution in [3.63, 3.8) is 0 Å². The number of unbranched alkanes of at least 4 members (excludes halogenated alkanes) is 2. The number of aliphatic hydroxyl groups is 2. The summed E-state index contributed by atoms with van der Waals surface area (Å²) < 4.78 is 10.9. The molecule has 1 aliphatic heterocycles. The van der Waals surface area contributed by atoms with E-state index in [1.165, 1.54) is 7.11 Å². The van der Waals surface area contributed by atoms with E-state index in [1.807, 2.05) is 12.2 Å². The van der Waals surface area contributed by atoms with Crippen LogP contribution in [0.15, 0.2) is 12.2 Å². The van der Waals surface area contributed by atoms with E-state index in [0.29, 0.717) is 18.8 Å². The van der Waals surface area contributed by atoms with Crippen molar-refractivity contribution in [2.75, 3.05) is 7.11 Å². The van der Waals surface area contributed by atoms with Gasteiger partial charge in [0, 0.05) is 23.6 Å². The minimum Gasteiger partial charge on any atom is -0.469 e. The number of ether oxygens (including phenoxy) is 2. The van der Waals surface area contributed by atoms with Gasteiger partial charge in [0.05, 0.1) is 31.5 Å². The first-order valence-electron chi connectivity index (χ1n) is 10.4. The first-order valence-corrected chi connectivity index (χ1v) is 11.3. The van der Waals surface area contributed by atoms with Crippen LogP contribution in [0.3, 0.4) is 0 Å². The van der Waals surface area contributed by atoms with E-state index in [-0.39, 0.29) is 28.9 Å². The van der Waals surface area contributed by atoms with Crippen LogP contribution in [0.25, 0.3) is 0 Å². The van der Waals surface area contributed by atoms with Crippen molar-refractivity contribution in [1.82, 2.24) is 0 Å². The van der Waals surface area contributed by atoms with Crippen molar-refractivity contribution in [3.05, 3.63) is 12.2 Å². The fraction of sp³-hybridized carbons (Fsp3) is 0.857. The zero-order valence-electron chi connectivity index (χ0n) is 16.6. The molecule has 156 valence electrons. The Bertz CT molecular complexity index is 483. The van der Waals surface area contributed by atoms with E-state index < -0.39 is 12.2 Å². The molecule has 27 heavy (non-hydrogen) atoms. The number of fused-ring (bicyclic) bond motifs is 1. The van der Waals surface area contributed by atoms with Crippen LogP contribution in [-0.2, 0) is 14.3 Å². The SMILES string of the molecule is CCCCC[C@H](O)/C=C/[C@@H]1[C@H]2CC(C(Br)CCCC(=O)OC)O[C@@H]2C[C@H]1O. The van der Waals surface area contributed by atoms with Crippen molar-refractivity contribution in [3.8, 4) is 0 Å². The van der Waals surface area contributed by atoms with Crippen molar-refractivity contribution in [1.29, 1.82) is 0 Å². The molecule has 1 saturated heterocycles. The molecule has 0 amide bonds. The van der Waals surface area contributed by atoms with Gasteiger partial charge in [0.25, 0.3) is 0 Å². The molecule has 1 saturated carbocycles. The van der Waals surface area contributed by atoms with Crippen LogP contribution in [0, 0.1) is 11.8 Å². The average molecular weight is 447 g/mol. The summed E-state index contributed by atoms with van der Waals surface area (Å²) in [4.78, 5) is 11.4. The van der Waals surface area contributed by atoms with Gasteiger partial charge in [-0.2, -0.15) is 0 Å². The normalized spacial score (nSPS) is 32.6. The average Bonchev–Trinajstić information content (AvgIpc) is 3.17. The monoisotopic (exact) mass is 446 g/mol. The largest absolute Gasteiger partial charge is 0.469 e. The van der Waals surface area contributed by atoms with Gasteiger partial charge in [0.1, 0.15) is 0 Å². The van der Waals surface area contributed by atoms with E-state index in [9.17, 15) is 15.0 Å². The molecule has 1 aliphatic carbocycles. The van der Waals surface area contributed by atoms with Gasteiger partial charge in [-0.3, -0.25) is 4.79 Å². The van der Waals surface area contributed by atoms with Crippen LogP contribution < -0.4 is 0 Å². The predicted octanol–water partition coefficient (Wildman–Crippen LogP) is 3.75. The van der Waals surface area contributed by atoms with Crippen molar-refractivity contribution >= 4 is 21.9 Å². The summed E-state index contributed by atoms with van der Waals surface area (Å²) in [5, 5.41) is 20.5. The second-order valence-electron chi connectivity index (χ2n) is 7.93. The summed E-state index contributed by atoms with van der Waals surface area (Å²) in [6.45, 7) is 2.15. The van der Waals surface area contributed by atoms with Gasteiger partial charge in [-0.15, -0.1) is 0 Å². The Morgan fingerprint density at radius 3 is 2.78 bits per heavy atom. The van der Waals surface area contributed by atoms with Crippen molar-refractivity contribution in [2.45, 2.75) is 94.0 Å². The van der Waals surface area contributed by atoms with Gasteiger partial charge < -0.3 is 19.7 Å². The molecule has 2 aliphatic rings. The van der Waals surface area contributed by atoms with Crippen LogP contribution in [-0.4, -0.2) is 52.5 Å². The number of hydrogen-bond donors (Lipinski definition) is 2. The Morgan fingerprint density at radius 2 is 2.07 bits per heavy atom. The van der Waals surface area contributed by atoms with Gasteiger partial charge in [-0.05, 0) is 31.6 Å². The summed E-state index contributed by atoms with van der Waals surface area (Å²) in [6.07, 6.45) is 11.0. The van der Waals surface area contributed by atoms with E-state index in [1.54, 1.807) is 0 Å². The zero-order valence-corrected chi connectivity index (χ0v) is 18.1. The Balaban J connectivity index is 1.81. The standard InChI is InChI=1S/C21H35BrO5/c1-3-4-5-7-14(23)10-11-15-16-12-20(27-19(16)13-18(15)24)17(22)8-6-9-21(25)26-2/h10-11,14-20,23-24H,3-9,12-13H2,1-2H3/b11-10+/t14-,15+,16+,17?,18+,19+,20?/m0/s1. The third kappa shape index (κ3) is 6.84. The summed E-state index contributed by atoms with van der Waals surface area (Å²) in [6, 6.07) is 0. The number of hydrogen-bond acceptors (Lipinski definition) is 5. The highest BCUT2D eigenvalue weighted by molar-refractivity contribution is 9.09.